The van der Waals surface area contributed by atoms with E-state index in [0.29, 0.717) is 3.34 Å². The molecule has 0 spiro atoms. The molecule has 0 bridgehead atoms. The third-order valence-corrected chi connectivity index (χ3v) is 14.1. The van der Waals surface area contributed by atoms with Crippen LogP contribution in [0.2, 0.25) is 15.4 Å². The maximum atomic E-state index is 2.52. The molecule has 1 unspecified atom stereocenters. The van der Waals surface area contributed by atoms with Gasteiger partial charge in [0.15, 0.2) is 0 Å². The van der Waals surface area contributed by atoms with Crippen molar-refractivity contribution in [2.45, 2.75) is 55.5 Å². The fourth-order valence-corrected chi connectivity index (χ4v) is 11.6. The molecule has 24 heavy (non-hydrogen) atoms. The quantitative estimate of drug-likeness (QED) is 0.386. The normalized spacial score (nSPS) is 19.0. The summed E-state index contributed by atoms with van der Waals surface area (Å²) < 4.78 is 0.299. The molecule has 0 heterocycles. The molecule has 0 amide bonds. The first-order valence-electron chi connectivity index (χ1n) is 8.34. The van der Waals surface area contributed by atoms with Gasteiger partial charge >= 0.3 is 143 Å². The zero-order chi connectivity index (χ0) is 15.3. The van der Waals surface area contributed by atoms with Crippen molar-refractivity contribution in [3.05, 3.63) is 54.1 Å². The minimum Gasteiger partial charge on any atom is -1.00 e. The van der Waals surface area contributed by atoms with Crippen molar-refractivity contribution in [1.82, 2.24) is 0 Å². The summed E-state index contributed by atoms with van der Waals surface area (Å²) in [4.78, 5) is 0. The molecule has 0 fully saturated rings. The summed E-state index contributed by atoms with van der Waals surface area (Å²) in [5.74, 6) is 0. The Morgan fingerprint density at radius 2 is 1.54 bits per heavy atom. The third kappa shape index (κ3) is 4.81. The number of rotatable bonds is 7. The molecule has 2 rings (SSSR count). The molecule has 5 heteroatoms. The number of hydrogen-bond donors (Lipinski definition) is 0. The summed E-state index contributed by atoms with van der Waals surface area (Å²) >= 11 is 2.52. The topological polar surface area (TPSA) is 0 Å². The van der Waals surface area contributed by atoms with Crippen LogP contribution in [0.4, 0.5) is 0 Å². The smallest absolute Gasteiger partial charge is 1.00 e. The monoisotopic (exact) mass is 436 g/mol. The molecule has 0 N–H and O–H groups in total. The predicted molar refractivity (Wildman–Crippen MR) is 92.2 cm³/mol. The molecule has 1 atom stereocenters. The van der Waals surface area contributed by atoms with Crippen molar-refractivity contribution in [3.8, 4) is 0 Å². The summed E-state index contributed by atoms with van der Waals surface area (Å²) in [6.45, 7) is 7.12. The Hall–Kier alpha value is 0.501. The van der Waals surface area contributed by atoms with Crippen LogP contribution in [0.3, 0.4) is 0 Å². The second kappa shape index (κ2) is 12.0. The van der Waals surface area contributed by atoms with Crippen LogP contribution in [0, 0.1) is 0 Å². The van der Waals surface area contributed by atoms with Crippen LogP contribution in [0.15, 0.2) is 54.1 Å². The number of halogens is 3. The molecule has 1 aromatic rings. The molecule has 0 saturated heterocycles. The standard InChI is InChI=1S/C19H27Si.3ClH.Ti/c1-4-7-12-17-13-11-16-19(17)20(5-2,6-3)18-14-9-8-10-15-18;;;;/h8-11,13-16H,4-7,12H2,1-3H3;3*1H;/q;;;;+3/p-3. The van der Waals surface area contributed by atoms with Crippen molar-refractivity contribution in [3.63, 3.8) is 0 Å². The average Bonchev–Trinajstić information content (AvgIpc) is 2.90. The van der Waals surface area contributed by atoms with Crippen LogP contribution in [0.5, 0.6) is 0 Å². The molecule has 0 aromatic heterocycles. The van der Waals surface area contributed by atoms with Crippen molar-refractivity contribution in [2.24, 2.45) is 0 Å². The largest absolute Gasteiger partial charge is 1.00 e. The van der Waals surface area contributed by atoms with Gasteiger partial charge in [0.05, 0.1) is 0 Å². The van der Waals surface area contributed by atoms with Crippen molar-refractivity contribution < 1.29 is 57.7 Å². The average molecular weight is 438 g/mol. The Morgan fingerprint density at radius 3 is 2.04 bits per heavy atom. The minimum atomic E-state index is -1.58. The third-order valence-electron chi connectivity index (χ3n) is 5.24. The van der Waals surface area contributed by atoms with E-state index in [9.17, 15) is 0 Å². The van der Waals surface area contributed by atoms with Gasteiger partial charge in [-0.1, -0.05) is 0 Å². The van der Waals surface area contributed by atoms with Crippen molar-refractivity contribution in [1.29, 1.82) is 0 Å². The number of allylic oxidation sites excluding steroid dienone is 4. The molecule has 0 radical (unpaired) electrons. The summed E-state index contributed by atoms with van der Waals surface area (Å²) in [6, 6.07) is 14.0. The Kier molecular flexibility index (Phi) is 13.4. The van der Waals surface area contributed by atoms with Gasteiger partial charge in [-0.15, -0.1) is 0 Å². The van der Waals surface area contributed by atoms with E-state index >= 15 is 0 Å². The van der Waals surface area contributed by atoms with Crippen LogP contribution in [-0.2, 0) is 20.4 Å². The molecule has 132 valence electrons. The molecular weight excluding hydrogens is 411 g/mol. The zero-order valence-electron chi connectivity index (χ0n) is 14.8. The fraction of sp³-hybridized carbons (Fsp3) is 0.474. The molecule has 1 aromatic carbocycles. The van der Waals surface area contributed by atoms with Gasteiger partial charge in [-0.2, -0.15) is 0 Å². The minimum absolute atomic E-state index is 0. The van der Waals surface area contributed by atoms with Crippen LogP contribution in [-0.4, -0.2) is 8.07 Å². The van der Waals surface area contributed by atoms with Crippen molar-refractivity contribution in [2.75, 3.05) is 0 Å². The first-order valence-corrected chi connectivity index (χ1v) is 11.5. The summed E-state index contributed by atoms with van der Waals surface area (Å²) in [5.41, 5.74) is 1.68. The van der Waals surface area contributed by atoms with Gasteiger partial charge in [0.25, 0.3) is 0 Å². The molecule has 0 aliphatic heterocycles. The number of hydrogen-bond acceptors (Lipinski definition) is 0. The molecule has 1 aliphatic rings. The van der Waals surface area contributed by atoms with Gasteiger partial charge in [0, 0.05) is 0 Å². The predicted octanol–water partition coefficient (Wildman–Crippen LogP) is -3.67. The summed E-state index contributed by atoms with van der Waals surface area (Å²) in [7, 11) is -1.58. The van der Waals surface area contributed by atoms with Gasteiger partial charge in [0.2, 0.25) is 0 Å². The fourth-order valence-electron chi connectivity index (χ4n) is 3.86. The van der Waals surface area contributed by atoms with E-state index in [1.165, 1.54) is 31.4 Å². The molecule has 0 saturated carbocycles. The Balaban J connectivity index is 0. The van der Waals surface area contributed by atoms with Gasteiger partial charge in [-0.05, 0) is 0 Å². The first kappa shape index (κ1) is 26.7. The Labute approximate surface area is 179 Å². The molecular formula is C19H27Cl3SiTi. The number of unbranched alkanes of at least 4 members (excludes halogenated alkanes) is 1. The van der Waals surface area contributed by atoms with E-state index in [-0.39, 0.29) is 37.2 Å². The van der Waals surface area contributed by atoms with Gasteiger partial charge in [-0.3, -0.25) is 0 Å². The van der Waals surface area contributed by atoms with Crippen LogP contribution >= 0.6 is 0 Å². The Bertz CT molecular complexity index is 527. The zero-order valence-corrected chi connectivity index (χ0v) is 19.6. The van der Waals surface area contributed by atoms with E-state index in [4.69, 9.17) is 0 Å². The van der Waals surface area contributed by atoms with Gasteiger partial charge in [-0.25, -0.2) is 0 Å². The second-order valence-electron chi connectivity index (χ2n) is 6.12. The SMILES string of the molecule is CCCCC1=CC=C[C]1([Ti+3])[Si](CC)(CC)c1ccccc1.[Cl-].[Cl-].[Cl-]. The summed E-state index contributed by atoms with van der Waals surface area (Å²) in [5, 5.41) is 1.63. The van der Waals surface area contributed by atoms with E-state index in [2.05, 4.69) is 89.8 Å². The number of benzene rings is 1. The van der Waals surface area contributed by atoms with E-state index < -0.39 is 8.07 Å². The van der Waals surface area contributed by atoms with Crippen molar-refractivity contribution >= 4 is 13.3 Å². The Morgan fingerprint density at radius 1 is 0.958 bits per heavy atom. The van der Waals surface area contributed by atoms with Crippen LogP contribution in [0.1, 0.15) is 40.0 Å². The molecule has 0 nitrogen and oxygen atoms in total. The van der Waals surface area contributed by atoms with E-state index in [1.54, 1.807) is 10.8 Å². The van der Waals surface area contributed by atoms with Gasteiger partial charge < -0.3 is 37.2 Å². The van der Waals surface area contributed by atoms with Crippen LogP contribution in [0.25, 0.3) is 0 Å². The summed E-state index contributed by atoms with van der Waals surface area (Å²) in [6.07, 6.45) is 11.1. The maximum Gasteiger partial charge on any atom is -1.00 e. The molecule has 1 aliphatic carbocycles. The maximum absolute atomic E-state index is 2.52. The van der Waals surface area contributed by atoms with E-state index in [1.807, 2.05) is 0 Å². The first-order chi connectivity index (χ1) is 10.1. The van der Waals surface area contributed by atoms with Gasteiger partial charge in [0.1, 0.15) is 0 Å². The second-order valence-corrected chi connectivity index (χ2v) is 13.1. The van der Waals surface area contributed by atoms with E-state index in [0.717, 1.165) is 0 Å². The van der Waals surface area contributed by atoms with Crippen LogP contribution < -0.4 is 42.4 Å².